The molecule has 0 aliphatic carbocycles. The van der Waals surface area contributed by atoms with E-state index >= 15 is 0 Å². The first kappa shape index (κ1) is 18.5. The molecular weight excluding hydrogens is 304 g/mol. The van der Waals surface area contributed by atoms with Crippen molar-refractivity contribution in [2.75, 3.05) is 31.5 Å². The Morgan fingerprint density at radius 1 is 1.14 bits per heavy atom. The van der Waals surface area contributed by atoms with Crippen LogP contribution in [-0.2, 0) is 27.3 Å². The molecule has 0 radical (unpaired) electrons. The summed E-state index contributed by atoms with van der Waals surface area (Å²) in [6, 6.07) is 5.90. The van der Waals surface area contributed by atoms with Gasteiger partial charge in [0.25, 0.3) is 5.91 Å². The highest BCUT2D eigenvalue weighted by atomic mass is 35.5. The van der Waals surface area contributed by atoms with Gasteiger partial charge in [-0.05, 0) is 24.0 Å². The third-order valence-electron chi connectivity index (χ3n) is 3.57. The van der Waals surface area contributed by atoms with Crippen molar-refractivity contribution in [3.8, 4) is 0 Å². The smallest absolute Gasteiger partial charge is 0.265 e. The Balaban J connectivity index is 3.28. The number of hydrogen-bond acceptors (Lipinski definition) is 3. The van der Waals surface area contributed by atoms with Crippen molar-refractivity contribution in [3.05, 3.63) is 29.3 Å². The number of hydroxylamine groups is 2. The summed E-state index contributed by atoms with van der Waals surface area (Å²) in [5.41, 5.74) is 2.83. The molecule has 1 aromatic rings. The van der Waals surface area contributed by atoms with E-state index in [-0.39, 0.29) is 24.2 Å². The molecule has 6 heteroatoms. The number of carbonyl (C=O) groups is 2. The van der Waals surface area contributed by atoms with Crippen LogP contribution in [-0.4, -0.2) is 43.5 Å². The van der Waals surface area contributed by atoms with Crippen molar-refractivity contribution in [1.29, 1.82) is 0 Å². The molecule has 0 bridgehead atoms. The van der Waals surface area contributed by atoms with Crippen LogP contribution < -0.4 is 4.90 Å². The molecule has 0 atom stereocenters. The number of anilines is 1. The average Bonchev–Trinajstić information content (AvgIpc) is 2.57. The van der Waals surface area contributed by atoms with Gasteiger partial charge in [0.15, 0.2) is 0 Å². The normalized spacial score (nSPS) is 10.4. The summed E-state index contributed by atoms with van der Waals surface area (Å²) >= 11 is 5.74. The predicted molar refractivity (Wildman–Crippen MR) is 88.1 cm³/mol. The first-order valence-corrected chi connectivity index (χ1v) is 7.81. The van der Waals surface area contributed by atoms with Crippen LogP contribution >= 0.6 is 11.6 Å². The number of nitrogens with zero attached hydrogens (tertiary/aromatic N) is 2. The van der Waals surface area contributed by atoms with Gasteiger partial charge in [0.05, 0.1) is 12.8 Å². The van der Waals surface area contributed by atoms with Gasteiger partial charge in [0.1, 0.15) is 12.4 Å². The highest BCUT2D eigenvalue weighted by Gasteiger charge is 2.24. The fraction of sp³-hybridized carbons (Fsp3) is 0.500. The lowest BCUT2D eigenvalue weighted by Gasteiger charge is -2.27. The first-order valence-electron chi connectivity index (χ1n) is 7.27. The topological polar surface area (TPSA) is 49.9 Å². The first-order chi connectivity index (χ1) is 10.5. The molecule has 1 rings (SSSR count). The minimum Gasteiger partial charge on any atom is -0.301 e. The van der Waals surface area contributed by atoms with Crippen LogP contribution in [0.25, 0.3) is 0 Å². The molecule has 0 saturated carbocycles. The summed E-state index contributed by atoms with van der Waals surface area (Å²) in [7, 11) is 2.92. The Kier molecular flexibility index (Phi) is 7.35. The summed E-state index contributed by atoms with van der Waals surface area (Å²) in [5, 5.41) is 1.11. The summed E-state index contributed by atoms with van der Waals surface area (Å²) in [4.78, 5) is 30.8. The molecule has 122 valence electrons. The number of likely N-dealkylation sites (N-methyl/N-ethyl adjacent to an activating group) is 1. The van der Waals surface area contributed by atoms with E-state index in [4.69, 9.17) is 16.4 Å². The lowest BCUT2D eigenvalue weighted by atomic mass is 10.0. The van der Waals surface area contributed by atoms with Crippen LogP contribution in [0, 0.1) is 0 Å². The number of alkyl halides is 1. The zero-order chi connectivity index (χ0) is 16.7. The summed E-state index contributed by atoms with van der Waals surface area (Å²) < 4.78 is 0. The van der Waals surface area contributed by atoms with Crippen molar-refractivity contribution in [2.45, 2.75) is 26.7 Å². The monoisotopic (exact) mass is 326 g/mol. The quantitative estimate of drug-likeness (QED) is 0.571. The van der Waals surface area contributed by atoms with E-state index in [9.17, 15) is 9.59 Å². The number of amides is 2. The van der Waals surface area contributed by atoms with Gasteiger partial charge in [-0.25, -0.2) is 5.06 Å². The van der Waals surface area contributed by atoms with Crippen molar-refractivity contribution < 1.29 is 14.4 Å². The summed E-state index contributed by atoms with van der Waals surface area (Å²) in [5.74, 6) is -0.783. The molecule has 0 fully saturated rings. The van der Waals surface area contributed by atoms with Crippen LogP contribution in [0.5, 0.6) is 0 Å². The van der Waals surface area contributed by atoms with Gasteiger partial charge in [0, 0.05) is 7.05 Å². The highest BCUT2D eigenvalue weighted by Crippen LogP contribution is 2.27. The third kappa shape index (κ3) is 4.21. The number of aryl methyl sites for hydroxylation is 2. The predicted octanol–water partition coefficient (Wildman–Crippen LogP) is 2.40. The SMILES string of the molecule is CCc1cccc(CC)c1N(CC(=O)N(C)OC)C(=O)CCl. The van der Waals surface area contributed by atoms with Gasteiger partial charge in [-0.3, -0.25) is 14.4 Å². The molecule has 0 aliphatic rings. The second-order valence-electron chi connectivity index (χ2n) is 4.82. The second kappa shape index (κ2) is 8.76. The number of hydrogen-bond donors (Lipinski definition) is 0. The van der Waals surface area contributed by atoms with Gasteiger partial charge in [-0.15, -0.1) is 11.6 Å². The minimum absolute atomic E-state index is 0.0973. The van der Waals surface area contributed by atoms with Crippen molar-refractivity contribution in [3.63, 3.8) is 0 Å². The van der Waals surface area contributed by atoms with Gasteiger partial charge in [0.2, 0.25) is 5.91 Å². The number of rotatable bonds is 7. The summed E-state index contributed by atoms with van der Waals surface area (Å²) in [6.45, 7) is 3.94. The maximum Gasteiger partial charge on any atom is 0.265 e. The zero-order valence-electron chi connectivity index (χ0n) is 13.6. The Hall–Kier alpha value is -1.59. The van der Waals surface area contributed by atoms with Crippen LogP contribution in [0.15, 0.2) is 18.2 Å². The van der Waals surface area contributed by atoms with E-state index in [1.54, 1.807) is 0 Å². The molecule has 5 nitrogen and oxygen atoms in total. The molecule has 22 heavy (non-hydrogen) atoms. The number of para-hydroxylation sites is 1. The Morgan fingerprint density at radius 2 is 1.68 bits per heavy atom. The number of halogens is 1. The van der Waals surface area contributed by atoms with Crippen LogP contribution in [0.2, 0.25) is 0 Å². The van der Waals surface area contributed by atoms with E-state index < -0.39 is 0 Å². The molecule has 0 saturated heterocycles. The maximum absolute atomic E-state index is 12.3. The van der Waals surface area contributed by atoms with Crippen LogP contribution in [0.4, 0.5) is 5.69 Å². The fourth-order valence-electron chi connectivity index (χ4n) is 2.26. The standard InChI is InChI=1S/C16H23ClN2O3/c1-5-12-8-7-9-13(6-2)16(12)19(14(20)10-17)11-15(21)18(3)22-4/h7-9H,5-6,10-11H2,1-4H3. The lowest BCUT2D eigenvalue weighted by molar-refractivity contribution is -0.167. The Morgan fingerprint density at radius 3 is 2.09 bits per heavy atom. The average molecular weight is 327 g/mol. The molecule has 0 N–H and O–H groups in total. The van der Waals surface area contributed by atoms with Gasteiger partial charge >= 0.3 is 0 Å². The van der Waals surface area contributed by atoms with E-state index in [0.717, 1.165) is 34.7 Å². The van der Waals surface area contributed by atoms with Gasteiger partial charge in [-0.2, -0.15) is 0 Å². The molecular formula is C16H23ClN2O3. The largest absolute Gasteiger partial charge is 0.301 e. The number of carbonyl (C=O) groups excluding carboxylic acids is 2. The van der Waals surface area contributed by atoms with Gasteiger partial charge < -0.3 is 4.90 Å². The van der Waals surface area contributed by atoms with E-state index in [0.29, 0.717) is 0 Å². The molecule has 1 aromatic carbocycles. The molecule has 0 spiro atoms. The number of benzene rings is 1. The second-order valence-corrected chi connectivity index (χ2v) is 5.09. The molecule has 0 unspecified atom stereocenters. The fourth-order valence-corrected chi connectivity index (χ4v) is 2.41. The van der Waals surface area contributed by atoms with Crippen LogP contribution in [0.3, 0.4) is 0 Å². The lowest BCUT2D eigenvalue weighted by Crippen LogP contribution is -2.42. The molecule has 0 heterocycles. The minimum atomic E-state index is -0.311. The molecule has 2 amide bonds. The van der Waals surface area contributed by atoms with E-state index in [1.807, 2.05) is 32.0 Å². The highest BCUT2D eigenvalue weighted by molar-refractivity contribution is 6.29. The third-order valence-corrected chi connectivity index (χ3v) is 3.80. The van der Waals surface area contributed by atoms with Crippen LogP contribution in [0.1, 0.15) is 25.0 Å². The molecule has 0 aromatic heterocycles. The molecule has 0 aliphatic heterocycles. The van der Waals surface area contributed by atoms with Crippen molar-refractivity contribution in [2.24, 2.45) is 0 Å². The van der Waals surface area contributed by atoms with Gasteiger partial charge in [-0.1, -0.05) is 32.0 Å². The Labute approximate surface area is 136 Å². The Bertz CT molecular complexity index is 512. The van der Waals surface area contributed by atoms with E-state index in [2.05, 4.69) is 0 Å². The van der Waals surface area contributed by atoms with Crippen molar-refractivity contribution >= 4 is 29.1 Å². The van der Waals surface area contributed by atoms with E-state index in [1.165, 1.54) is 19.1 Å². The van der Waals surface area contributed by atoms with Crippen molar-refractivity contribution in [1.82, 2.24) is 5.06 Å². The maximum atomic E-state index is 12.3. The zero-order valence-corrected chi connectivity index (χ0v) is 14.3. The summed E-state index contributed by atoms with van der Waals surface area (Å²) in [6.07, 6.45) is 1.53.